The van der Waals surface area contributed by atoms with Crippen LogP contribution in [0.15, 0.2) is 30.5 Å². The Bertz CT molecular complexity index is 543. The first-order chi connectivity index (χ1) is 9.85. The topological polar surface area (TPSA) is 49.9 Å². The molecule has 1 saturated heterocycles. The molecule has 104 valence electrons. The van der Waals surface area contributed by atoms with Crippen molar-refractivity contribution in [2.75, 3.05) is 33.0 Å². The van der Waals surface area contributed by atoms with Gasteiger partial charge in [-0.1, -0.05) is 0 Å². The lowest BCUT2D eigenvalue weighted by molar-refractivity contribution is -0.917. The van der Waals surface area contributed by atoms with E-state index in [9.17, 15) is 0 Å². The molecule has 1 aromatic carbocycles. The van der Waals surface area contributed by atoms with Gasteiger partial charge in [0.2, 0.25) is 6.79 Å². The Morgan fingerprint density at radius 2 is 2.05 bits per heavy atom. The van der Waals surface area contributed by atoms with E-state index in [0.29, 0.717) is 6.79 Å². The molecule has 0 aliphatic carbocycles. The third-order valence-corrected chi connectivity index (χ3v) is 3.76. The third-order valence-electron chi connectivity index (χ3n) is 3.76. The lowest BCUT2D eigenvalue weighted by atomic mass is 10.1. The summed E-state index contributed by atoms with van der Waals surface area (Å²) in [7, 11) is 0. The summed E-state index contributed by atoms with van der Waals surface area (Å²) in [6, 6.07) is 8.22. The van der Waals surface area contributed by atoms with Crippen molar-refractivity contribution in [3.8, 4) is 17.6 Å². The number of nitriles is 1. The van der Waals surface area contributed by atoms with Crippen LogP contribution in [0.5, 0.6) is 11.5 Å². The van der Waals surface area contributed by atoms with Crippen LogP contribution in [-0.4, -0.2) is 37.9 Å². The van der Waals surface area contributed by atoms with Gasteiger partial charge in [-0.2, -0.15) is 5.26 Å². The van der Waals surface area contributed by atoms with E-state index in [0.717, 1.165) is 44.2 Å². The second-order valence-electron chi connectivity index (χ2n) is 5.10. The van der Waals surface area contributed by atoms with Crippen LogP contribution in [0.25, 0.3) is 0 Å². The van der Waals surface area contributed by atoms with Gasteiger partial charge in [-0.05, 0) is 18.2 Å². The molecule has 2 aliphatic heterocycles. The van der Waals surface area contributed by atoms with Gasteiger partial charge in [-0.25, -0.2) is 0 Å². The Hall–Kier alpha value is -2.19. The van der Waals surface area contributed by atoms with Crippen molar-refractivity contribution in [1.29, 1.82) is 5.26 Å². The monoisotopic (exact) mass is 272 g/mol. The van der Waals surface area contributed by atoms with Crippen LogP contribution >= 0.6 is 0 Å². The summed E-state index contributed by atoms with van der Waals surface area (Å²) in [5.74, 6) is 1.70. The molecule has 5 heteroatoms. The molecule has 0 atom stereocenters. The molecule has 5 nitrogen and oxygen atoms in total. The first-order valence-corrected chi connectivity index (χ1v) is 6.87. The average Bonchev–Trinajstić information content (AvgIpc) is 2.94. The summed E-state index contributed by atoms with van der Waals surface area (Å²) >= 11 is 0. The highest BCUT2D eigenvalue weighted by atomic mass is 16.7. The quantitative estimate of drug-likeness (QED) is 0.796. The Morgan fingerprint density at radius 1 is 1.25 bits per heavy atom. The Labute approximate surface area is 118 Å². The maximum absolute atomic E-state index is 8.53. The van der Waals surface area contributed by atoms with Crippen molar-refractivity contribution >= 4 is 0 Å². The van der Waals surface area contributed by atoms with Gasteiger partial charge < -0.3 is 19.3 Å². The number of fused-ring (bicyclic) bond motifs is 1. The molecule has 0 spiro atoms. The summed E-state index contributed by atoms with van der Waals surface area (Å²) < 4.78 is 10.7. The molecule has 3 rings (SSSR count). The molecule has 1 aromatic rings. The number of rotatable bonds is 3. The van der Waals surface area contributed by atoms with Crippen molar-refractivity contribution < 1.29 is 14.4 Å². The Kier molecular flexibility index (Phi) is 3.75. The van der Waals surface area contributed by atoms with E-state index < -0.39 is 0 Å². The highest BCUT2D eigenvalue weighted by molar-refractivity contribution is 5.44. The van der Waals surface area contributed by atoms with Crippen molar-refractivity contribution in [3.05, 3.63) is 36.0 Å². The second-order valence-corrected chi connectivity index (χ2v) is 5.10. The summed E-state index contributed by atoms with van der Waals surface area (Å²) in [5, 5.41) is 8.53. The summed E-state index contributed by atoms with van der Waals surface area (Å²) in [6.45, 7) is 5.51. The van der Waals surface area contributed by atoms with Gasteiger partial charge in [0.05, 0.1) is 32.2 Å². The zero-order valence-corrected chi connectivity index (χ0v) is 11.3. The predicted molar refractivity (Wildman–Crippen MR) is 73.3 cm³/mol. The van der Waals surface area contributed by atoms with Crippen LogP contribution in [0.4, 0.5) is 0 Å². The average molecular weight is 272 g/mol. The fraction of sp³-hybridized carbons (Fsp3) is 0.400. The van der Waals surface area contributed by atoms with Crippen molar-refractivity contribution in [2.24, 2.45) is 0 Å². The highest BCUT2D eigenvalue weighted by Gasteiger charge is 2.19. The van der Waals surface area contributed by atoms with E-state index in [-0.39, 0.29) is 0 Å². The van der Waals surface area contributed by atoms with Gasteiger partial charge >= 0.3 is 0 Å². The number of quaternary nitrogens is 1. The minimum atomic E-state index is 0.329. The van der Waals surface area contributed by atoms with Crippen molar-refractivity contribution in [1.82, 2.24) is 4.90 Å². The fourth-order valence-corrected chi connectivity index (χ4v) is 2.64. The number of hydrogen-bond donors (Lipinski definition) is 1. The van der Waals surface area contributed by atoms with Crippen LogP contribution in [0.3, 0.4) is 0 Å². The van der Waals surface area contributed by atoms with Gasteiger partial charge in [0.1, 0.15) is 6.54 Å². The first kappa shape index (κ1) is 12.8. The van der Waals surface area contributed by atoms with Gasteiger partial charge in [0.15, 0.2) is 11.5 Å². The van der Waals surface area contributed by atoms with E-state index >= 15 is 0 Å². The van der Waals surface area contributed by atoms with Crippen LogP contribution < -0.4 is 14.4 Å². The number of nitrogens with zero attached hydrogens (tertiary/aromatic N) is 2. The van der Waals surface area contributed by atoms with Gasteiger partial charge in [-0.15, -0.1) is 0 Å². The van der Waals surface area contributed by atoms with E-state index in [4.69, 9.17) is 14.7 Å². The number of nitrogens with one attached hydrogen (secondary N) is 1. The minimum absolute atomic E-state index is 0.329. The maximum atomic E-state index is 8.53. The smallest absolute Gasteiger partial charge is 0.231 e. The molecule has 1 fully saturated rings. The molecular weight excluding hydrogens is 254 g/mol. The van der Waals surface area contributed by atoms with E-state index in [2.05, 4.69) is 17.0 Å². The minimum Gasteiger partial charge on any atom is -0.454 e. The summed E-state index contributed by atoms with van der Waals surface area (Å²) in [4.78, 5) is 3.76. The van der Waals surface area contributed by atoms with Gasteiger partial charge in [-0.3, -0.25) is 0 Å². The van der Waals surface area contributed by atoms with Gasteiger partial charge in [0.25, 0.3) is 0 Å². The normalized spacial score (nSPS) is 18.4. The molecule has 0 amide bonds. The number of hydrogen-bond acceptors (Lipinski definition) is 4. The highest BCUT2D eigenvalue weighted by Crippen LogP contribution is 2.32. The lowest BCUT2D eigenvalue weighted by Gasteiger charge is -2.31. The van der Waals surface area contributed by atoms with E-state index in [1.165, 1.54) is 5.56 Å². The molecule has 0 saturated carbocycles. The molecule has 0 unspecified atom stereocenters. The number of benzene rings is 1. The molecule has 0 radical (unpaired) electrons. The van der Waals surface area contributed by atoms with Crippen LogP contribution in [0.2, 0.25) is 0 Å². The number of ether oxygens (including phenoxy) is 2. The van der Waals surface area contributed by atoms with E-state index in [1.807, 2.05) is 18.3 Å². The largest absolute Gasteiger partial charge is 0.454 e. The number of piperazine rings is 1. The molecule has 20 heavy (non-hydrogen) atoms. The first-order valence-electron chi connectivity index (χ1n) is 6.87. The zero-order valence-electron chi connectivity index (χ0n) is 11.3. The third kappa shape index (κ3) is 2.86. The SMILES string of the molecule is N#C/C=C/N1CC[NH+](Cc2ccc3c(c2)OCO3)CC1. The van der Waals surface area contributed by atoms with Crippen LogP contribution in [0, 0.1) is 11.3 Å². The molecule has 2 heterocycles. The van der Waals surface area contributed by atoms with Crippen molar-refractivity contribution in [3.63, 3.8) is 0 Å². The lowest BCUT2D eigenvalue weighted by Crippen LogP contribution is -3.13. The fourth-order valence-electron chi connectivity index (χ4n) is 2.64. The molecule has 2 aliphatic rings. The molecule has 0 bridgehead atoms. The molecule has 0 aromatic heterocycles. The maximum Gasteiger partial charge on any atom is 0.231 e. The molecular formula is C15H18N3O2+. The van der Waals surface area contributed by atoms with E-state index in [1.54, 1.807) is 11.0 Å². The summed E-state index contributed by atoms with van der Waals surface area (Å²) in [6.07, 6.45) is 3.43. The van der Waals surface area contributed by atoms with Crippen molar-refractivity contribution in [2.45, 2.75) is 6.54 Å². The van der Waals surface area contributed by atoms with Gasteiger partial charge in [0, 0.05) is 17.8 Å². The standard InChI is InChI=1S/C15H17N3O2/c16-4-1-5-17-6-8-18(9-7-17)11-13-2-3-14-15(10-13)20-12-19-14/h1-3,5,10H,6-9,11-12H2/p+1/b5-1+. The summed E-state index contributed by atoms with van der Waals surface area (Å²) in [5.41, 5.74) is 1.28. The predicted octanol–water partition coefficient (Wildman–Crippen LogP) is 0.153. The molecule has 1 N–H and O–H groups in total. The van der Waals surface area contributed by atoms with Crippen LogP contribution in [0.1, 0.15) is 5.56 Å². The Balaban J connectivity index is 1.55. The van der Waals surface area contributed by atoms with Crippen LogP contribution in [-0.2, 0) is 6.54 Å². The number of allylic oxidation sites excluding steroid dienone is 1. The Morgan fingerprint density at radius 3 is 2.85 bits per heavy atom. The zero-order chi connectivity index (χ0) is 13.8. The second kappa shape index (κ2) is 5.85.